The van der Waals surface area contributed by atoms with Crippen LogP contribution in [0.25, 0.3) is 54.6 Å². The Kier molecular flexibility index (Phi) is 6.30. The second-order valence-corrected chi connectivity index (χ2v) is 11.6. The highest BCUT2D eigenvalue weighted by molar-refractivity contribution is 6.47. The fourth-order valence-electron chi connectivity index (χ4n) is 4.98. The third-order valence-corrected chi connectivity index (χ3v) is 8.23. The van der Waals surface area contributed by atoms with Crippen LogP contribution in [0, 0.1) is 0 Å². The summed E-state index contributed by atoms with van der Waals surface area (Å²) in [5.41, 5.74) is 4.42. The molecule has 0 unspecified atom stereocenters. The first-order chi connectivity index (χ1) is 18.7. The molecule has 6 aromatic rings. The molecule has 0 fully saturated rings. The van der Waals surface area contributed by atoms with Crippen molar-refractivity contribution in [3.8, 4) is 22.3 Å². The number of hydrogen-bond donors (Lipinski definition) is 1. The molecule has 0 spiro atoms. The van der Waals surface area contributed by atoms with E-state index in [2.05, 4.69) is 115 Å². The van der Waals surface area contributed by atoms with E-state index in [0.29, 0.717) is 7.48 Å². The minimum atomic E-state index is -0.920. The number of benzene rings is 6. The summed E-state index contributed by atoms with van der Waals surface area (Å²) in [6.07, 6.45) is 0. The smallest absolute Gasteiger partial charge is 0.309 e. The summed E-state index contributed by atoms with van der Waals surface area (Å²) in [7, 11) is 0.459. The zero-order valence-electron chi connectivity index (χ0n) is 23.0. The Morgan fingerprint density at radius 1 is 0.487 bits per heavy atom. The van der Waals surface area contributed by atoms with Crippen molar-refractivity contribution >= 4 is 45.3 Å². The van der Waals surface area contributed by atoms with Crippen molar-refractivity contribution in [2.45, 2.75) is 38.9 Å². The van der Waals surface area contributed by atoms with Crippen LogP contribution >= 0.6 is 0 Å². The maximum atomic E-state index is 10.4. The highest BCUT2D eigenvalue weighted by Crippen LogP contribution is 2.31. The van der Waals surface area contributed by atoms with Crippen molar-refractivity contribution < 1.29 is 9.76 Å². The second kappa shape index (κ2) is 9.68. The molecule has 39 heavy (non-hydrogen) atoms. The summed E-state index contributed by atoms with van der Waals surface area (Å²) in [5.74, 6) is 0. The molecule has 6 rings (SSSR count). The molecule has 0 heterocycles. The largest absolute Gasteiger partial charge is 0.427 e. The summed E-state index contributed by atoms with van der Waals surface area (Å²) in [4.78, 5) is 0. The first-order valence-corrected chi connectivity index (χ1v) is 13.6. The van der Waals surface area contributed by atoms with Crippen LogP contribution in [0.2, 0.25) is 0 Å². The van der Waals surface area contributed by atoms with Gasteiger partial charge in [0.1, 0.15) is 0 Å². The molecule has 6 aromatic carbocycles. The average molecular weight is 508 g/mol. The lowest BCUT2D eigenvalue weighted by Crippen LogP contribution is -2.49. The second-order valence-electron chi connectivity index (χ2n) is 11.6. The number of aliphatic hydroxyl groups is 1. The standard InChI is InChI=1S/C36H33BO2/c1-35(2,38)36(3,4)39-37-34-18-17-32-22-31(15-16-33(32)23-34)30-14-13-28-20-27(11-12-29(28)21-30)26-10-9-24-7-5-6-8-25(24)19-26/h5-23,37-38H,1-4H3. The third kappa shape index (κ3) is 5.08. The fourth-order valence-corrected chi connectivity index (χ4v) is 4.98. The fraction of sp³-hybridized carbons (Fsp3) is 0.167. The molecule has 1 N–H and O–H groups in total. The van der Waals surface area contributed by atoms with Crippen molar-refractivity contribution in [3.63, 3.8) is 0 Å². The summed E-state index contributed by atoms with van der Waals surface area (Å²) < 4.78 is 6.07. The van der Waals surface area contributed by atoms with Crippen LogP contribution in [0.4, 0.5) is 0 Å². The Morgan fingerprint density at radius 3 is 1.36 bits per heavy atom. The zero-order valence-corrected chi connectivity index (χ0v) is 23.0. The lowest BCUT2D eigenvalue weighted by atomic mass is 9.82. The van der Waals surface area contributed by atoms with Crippen LogP contribution in [-0.2, 0) is 4.65 Å². The summed E-state index contributed by atoms with van der Waals surface area (Å²) in [5, 5.41) is 17.8. The molecule has 0 aliphatic rings. The average Bonchev–Trinajstić information content (AvgIpc) is 2.94. The summed E-state index contributed by atoms with van der Waals surface area (Å²) >= 11 is 0. The number of rotatable bonds is 6. The molecule has 0 atom stereocenters. The molecule has 0 bridgehead atoms. The summed E-state index contributed by atoms with van der Waals surface area (Å²) in [6, 6.07) is 41.7. The molecule has 0 amide bonds. The first-order valence-electron chi connectivity index (χ1n) is 13.6. The van der Waals surface area contributed by atoms with Crippen molar-refractivity contribution in [2.75, 3.05) is 0 Å². The maximum absolute atomic E-state index is 10.4. The van der Waals surface area contributed by atoms with Crippen molar-refractivity contribution in [1.82, 2.24) is 0 Å². The van der Waals surface area contributed by atoms with Gasteiger partial charge in [-0.2, -0.15) is 0 Å². The van der Waals surface area contributed by atoms with Crippen molar-refractivity contribution in [2.24, 2.45) is 0 Å². The van der Waals surface area contributed by atoms with Crippen LogP contribution in [-0.4, -0.2) is 23.8 Å². The minimum absolute atomic E-state index is 0.459. The molecule has 192 valence electrons. The molecule has 0 saturated carbocycles. The van der Waals surface area contributed by atoms with Gasteiger partial charge in [-0.1, -0.05) is 96.5 Å². The Balaban J connectivity index is 1.25. The van der Waals surface area contributed by atoms with E-state index in [1.165, 1.54) is 54.6 Å². The van der Waals surface area contributed by atoms with Gasteiger partial charge < -0.3 is 9.76 Å². The Labute approximate surface area is 231 Å². The molecule has 0 aliphatic heterocycles. The van der Waals surface area contributed by atoms with E-state index in [1.807, 2.05) is 13.8 Å². The zero-order chi connectivity index (χ0) is 27.2. The topological polar surface area (TPSA) is 29.5 Å². The van der Waals surface area contributed by atoms with E-state index in [9.17, 15) is 5.11 Å². The first kappa shape index (κ1) is 25.4. The Bertz CT molecular complexity index is 1830. The van der Waals surface area contributed by atoms with Crippen LogP contribution in [0.3, 0.4) is 0 Å². The predicted molar refractivity (Wildman–Crippen MR) is 168 cm³/mol. The molecule has 2 nitrogen and oxygen atoms in total. The molecule has 0 radical (unpaired) electrons. The van der Waals surface area contributed by atoms with Gasteiger partial charge in [-0.05, 0) is 107 Å². The minimum Gasteiger partial charge on any atom is -0.427 e. The highest BCUT2D eigenvalue weighted by Gasteiger charge is 2.35. The maximum Gasteiger partial charge on any atom is 0.309 e. The van der Waals surface area contributed by atoms with E-state index >= 15 is 0 Å². The highest BCUT2D eigenvalue weighted by atomic mass is 16.5. The predicted octanol–water partition coefficient (Wildman–Crippen LogP) is 8.02. The summed E-state index contributed by atoms with van der Waals surface area (Å²) in [6.45, 7) is 7.42. The van der Waals surface area contributed by atoms with Gasteiger partial charge in [0.2, 0.25) is 0 Å². The van der Waals surface area contributed by atoms with Crippen molar-refractivity contribution in [3.05, 3.63) is 115 Å². The van der Waals surface area contributed by atoms with Gasteiger partial charge in [-0.3, -0.25) is 0 Å². The van der Waals surface area contributed by atoms with Crippen LogP contribution in [0.15, 0.2) is 115 Å². The van der Waals surface area contributed by atoms with Gasteiger partial charge in [0.15, 0.2) is 0 Å². The lowest BCUT2D eigenvalue weighted by molar-refractivity contribution is -0.0893. The van der Waals surface area contributed by atoms with Gasteiger partial charge in [0.05, 0.1) is 11.2 Å². The molecular formula is C36H33BO2. The SMILES string of the molecule is CC(C)(O)C(C)(C)OBc1ccc2cc(-c3ccc4cc(-c5ccc6ccccc6c5)ccc4c3)ccc2c1. The number of fused-ring (bicyclic) bond motifs is 3. The monoisotopic (exact) mass is 508 g/mol. The van der Waals surface area contributed by atoms with E-state index in [0.717, 1.165) is 5.46 Å². The molecule has 0 aromatic heterocycles. The molecule has 3 heteroatoms. The quantitative estimate of drug-likeness (QED) is 0.231. The Morgan fingerprint density at radius 2 is 0.872 bits per heavy atom. The van der Waals surface area contributed by atoms with Gasteiger partial charge in [-0.25, -0.2) is 0 Å². The van der Waals surface area contributed by atoms with Gasteiger partial charge in [0.25, 0.3) is 0 Å². The lowest BCUT2D eigenvalue weighted by Gasteiger charge is -2.37. The van der Waals surface area contributed by atoms with Crippen molar-refractivity contribution in [1.29, 1.82) is 0 Å². The van der Waals surface area contributed by atoms with E-state index in [1.54, 1.807) is 13.8 Å². The van der Waals surface area contributed by atoms with E-state index in [4.69, 9.17) is 4.65 Å². The van der Waals surface area contributed by atoms with Gasteiger partial charge in [-0.15, -0.1) is 0 Å². The van der Waals surface area contributed by atoms with E-state index in [-0.39, 0.29) is 0 Å². The Hall–Kier alpha value is -3.92. The van der Waals surface area contributed by atoms with E-state index < -0.39 is 11.2 Å². The van der Waals surface area contributed by atoms with Gasteiger partial charge in [0, 0.05) is 0 Å². The van der Waals surface area contributed by atoms with Crippen LogP contribution < -0.4 is 5.46 Å². The molecule has 0 aliphatic carbocycles. The number of hydrogen-bond acceptors (Lipinski definition) is 2. The van der Waals surface area contributed by atoms with Gasteiger partial charge >= 0.3 is 7.48 Å². The molecular weight excluding hydrogens is 475 g/mol. The molecule has 0 saturated heterocycles. The normalized spacial score (nSPS) is 12.3. The third-order valence-electron chi connectivity index (χ3n) is 8.23. The van der Waals surface area contributed by atoms with Crippen LogP contribution in [0.1, 0.15) is 27.7 Å². The van der Waals surface area contributed by atoms with Crippen LogP contribution in [0.5, 0.6) is 0 Å².